The molecule has 20 heavy (non-hydrogen) atoms. The smallest absolute Gasteiger partial charge is 0.355 e. The highest BCUT2D eigenvalue weighted by atomic mass is 16.5. The molecule has 1 N–H and O–H groups in total. The van der Waals surface area contributed by atoms with Crippen LogP contribution in [0.4, 0.5) is 5.69 Å². The lowest BCUT2D eigenvalue weighted by molar-refractivity contribution is -0.121. The maximum Gasteiger partial charge on any atom is 0.355 e. The van der Waals surface area contributed by atoms with Crippen LogP contribution in [-0.2, 0) is 9.53 Å². The molecular formula is C15H16N2O3. The molecule has 0 spiro atoms. The number of hydrogen-bond acceptors (Lipinski definition) is 3. The molecule has 0 saturated heterocycles. The van der Waals surface area contributed by atoms with E-state index < -0.39 is 5.97 Å². The van der Waals surface area contributed by atoms with Crippen LogP contribution >= 0.6 is 0 Å². The zero-order valence-corrected chi connectivity index (χ0v) is 11.2. The second-order valence-electron chi connectivity index (χ2n) is 4.13. The van der Waals surface area contributed by atoms with Gasteiger partial charge in [0, 0.05) is 18.4 Å². The molecule has 0 aliphatic heterocycles. The van der Waals surface area contributed by atoms with Gasteiger partial charge in [-0.3, -0.25) is 4.79 Å². The molecular weight excluding hydrogens is 256 g/mol. The van der Waals surface area contributed by atoms with E-state index in [1.165, 1.54) is 0 Å². The average Bonchev–Trinajstić information content (AvgIpc) is 3.01. The van der Waals surface area contributed by atoms with E-state index in [-0.39, 0.29) is 12.5 Å². The van der Waals surface area contributed by atoms with Crippen molar-refractivity contribution in [2.24, 2.45) is 0 Å². The zero-order valence-electron chi connectivity index (χ0n) is 11.2. The Kier molecular flexibility index (Phi) is 4.55. The van der Waals surface area contributed by atoms with Crippen molar-refractivity contribution in [2.75, 3.05) is 18.1 Å². The maximum atomic E-state index is 12.1. The third kappa shape index (κ3) is 3.26. The first kappa shape index (κ1) is 13.9. The molecule has 0 unspecified atom stereocenters. The fourth-order valence-electron chi connectivity index (χ4n) is 1.85. The number of benzene rings is 1. The predicted octanol–water partition coefficient (Wildman–Crippen LogP) is 2.22. The van der Waals surface area contributed by atoms with Crippen LogP contribution in [-0.4, -0.2) is 30.0 Å². The number of likely N-dealkylation sites (N-methyl/N-ethyl adjacent to an activating group) is 1. The Morgan fingerprint density at radius 1 is 1.15 bits per heavy atom. The minimum absolute atomic E-state index is 0.251. The van der Waals surface area contributed by atoms with Crippen molar-refractivity contribution in [1.82, 2.24) is 4.98 Å². The van der Waals surface area contributed by atoms with E-state index in [0.717, 1.165) is 5.69 Å². The van der Waals surface area contributed by atoms with Crippen molar-refractivity contribution in [3.05, 3.63) is 54.4 Å². The first-order valence-corrected chi connectivity index (χ1v) is 6.38. The summed E-state index contributed by atoms with van der Waals surface area (Å²) in [7, 11) is 0. The van der Waals surface area contributed by atoms with E-state index in [9.17, 15) is 9.59 Å². The largest absolute Gasteiger partial charge is 0.451 e. The Morgan fingerprint density at radius 2 is 1.90 bits per heavy atom. The number of para-hydroxylation sites is 1. The Bertz CT molecular complexity index is 564. The van der Waals surface area contributed by atoms with Crippen molar-refractivity contribution < 1.29 is 14.3 Å². The van der Waals surface area contributed by atoms with Crippen molar-refractivity contribution in [3.8, 4) is 0 Å². The molecule has 2 rings (SSSR count). The van der Waals surface area contributed by atoms with Crippen LogP contribution in [0.2, 0.25) is 0 Å². The monoisotopic (exact) mass is 272 g/mol. The molecule has 1 amide bonds. The molecule has 2 aromatic rings. The van der Waals surface area contributed by atoms with E-state index in [1.54, 1.807) is 23.2 Å². The van der Waals surface area contributed by atoms with Gasteiger partial charge < -0.3 is 14.6 Å². The number of esters is 1. The van der Waals surface area contributed by atoms with Crippen LogP contribution in [0, 0.1) is 0 Å². The van der Waals surface area contributed by atoms with E-state index in [2.05, 4.69) is 4.98 Å². The minimum Gasteiger partial charge on any atom is -0.451 e. The highest BCUT2D eigenvalue weighted by Crippen LogP contribution is 2.13. The first-order valence-electron chi connectivity index (χ1n) is 6.38. The van der Waals surface area contributed by atoms with Gasteiger partial charge in [-0.05, 0) is 31.2 Å². The van der Waals surface area contributed by atoms with Gasteiger partial charge in [0.2, 0.25) is 0 Å². The quantitative estimate of drug-likeness (QED) is 0.849. The van der Waals surface area contributed by atoms with E-state index in [0.29, 0.717) is 12.2 Å². The number of H-pyrrole nitrogens is 1. The molecule has 0 radical (unpaired) electrons. The number of nitrogens with one attached hydrogen (secondary N) is 1. The third-order valence-electron chi connectivity index (χ3n) is 2.83. The molecule has 104 valence electrons. The fourth-order valence-corrected chi connectivity index (χ4v) is 1.85. The van der Waals surface area contributed by atoms with Crippen LogP contribution in [0.1, 0.15) is 17.4 Å². The van der Waals surface area contributed by atoms with Crippen LogP contribution in [0.15, 0.2) is 48.7 Å². The predicted molar refractivity (Wildman–Crippen MR) is 75.5 cm³/mol. The zero-order chi connectivity index (χ0) is 14.4. The molecule has 5 heteroatoms. The van der Waals surface area contributed by atoms with Crippen molar-refractivity contribution in [1.29, 1.82) is 0 Å². The van der Waals surface area contributed by atoms with Crippen LogP contribution < -0.4 is 4.90 Å². The van der Waals surface area contributed by atoms with Crippen molar-refractivity contribution >= 4 is 17.6 Å². The summed E-state index contributed by atoms with van der Waals surface area (Å²) >= 11 is 0. The van der Waals surface area contributed by atoms with Gasteiger partial charge in [-0.2, -0.15) is 0 Å². The van der Waals surface area contributed by atoms with Gasteiger partial charge in [-0.1, -0.05) is 18.2 Å². The number of carbonyl (C=O) groups excluding carboxylic acids is 2. The number of hydrogen-bond donors (Lipinski definition) is 1. The summed E-state index contributed by atoms with van der Waals surface area (Å²) in [6.07, 6.45) is 1.63. The Morgan fingerprint density at radius 3 is 2.50 bits per heavy atom. The minimum atomic E-state index is -0.535. The lowest BCUT2D eigenvalue weighted by Crippen LogP contribution is -2.34. The fraction of sp³-hybridized carbons (Fsp3) is 0.200. The van der Waals surface area contributed by atoms with Gasteiger partial charge >= 0.3 is 5.97 Å². The van der Waals surface area contributed by atoms with Crippen LogP contribution in [0.3, 0.4) is 0 Å². The van der Waals surface area contributed by atoms with Gasteiger partial charge in [-0.15, -0.1) is 0 Å². The standard InChI is InChI=1S/C15H16N2O3/c1-2-17(12-7-4-3-5-8-12)14(18)11-20-15(19)13-9-6-10-16-13/h3-10,16H,2,11H2,1H3. The second-order valence-corrected chi connectivity index (χ2v) is 4.13. The normalized spacial score (nSPS) is 10.1. The Labute approximate surface area is 117 Å². The summed E-state index contributed by atoms with van der Waals surface area (Å²) in [6, 6.07) is 12.6. The van der Waals surface area contributed by atoms with Gasteiger partial charge in [0.1, 0.15) is 5.69 Å². The SMILES string of the molecule is CCN(C(=O)COC(=O)c1ccc[nH]1)c1ccccc1. The number of anilines is 1. The molecule has 0 aliphatic carbocycles. The van der Waals surface area contributed by atoms with Gasteiger partial charge in [-0.25, -0.2) is 4.79 Å². The molecule has 0 bridgehead atoms. The van der Waals surface area contributed by atoms with E-state index >= 15 is 0 Å². The lowest BCUT2D eigenvalue weighted by atomic mass is 10.3. The Hall–Kier alpha value is -2.56. The molecule has 0 saturated carbocycles. The summed E-state index contributed by atoms with van der Waals surface area (Å²) < 4.78 is 4.99. The van der Waals surface area contributed by atoms with E-state index in [1.807, 2.05) is 37.3 Å². The number of aromatic nitrogens is 1. The van der Waals surface area contributed by atoms with Gasteiger partial charge in [0.25, 0.3) is 5.91 Å². The molecule has 1 aromatic heterocycles. The maximum absolute atomic E-state index is 12.1. The highest BCUT2D eigenvalue weighted by Gasteiger charge is 2.16. The molecule has 0 fully saturated rings. The third-order valence-corrected chi connectivity index (χ3v) is 2.83. The number of carbonyl (C=O) groups is 2. The highest BCUT2D eigenvalue weighted by molar-refractivity contribution is 5.96. The van der Waals surface area contributed by atoms with Crippen LogP contribution in [0.5, 0.6) is 0 Å². The van der Waals surface area contributed by atoms with Crippen molar-refractivity contribution in [3.63, 3.8) is 0 Å². The number of ether oxygens (including phenoxy) is 1. The summed E-state index contributed by atoms with van der Waals surface area (Å²) in [5.41, 5.74) is 1.12. The second kappa shape index (κ2) is 6.56. The summed E-state index contributed by atoms with van der Waals surface area (Å²) in [5, 5.41) is 0. The van der Waals surface area contributed by atoms with Crippen LogP contribution in [0.25, 0.3) is 0 Å². The van der Waals surface area contributed by atoms with Gasteiger partial charge in [0.15, 0.2) is 6.61 Å². The summed E-state index contributed by atoms with van der Waals surface area (Å²) in [5.74, 6) is -0.786. The molecule has 5 nitrogen and oxygen atoms in total. The number of amides is 1. The molecule has 1 heterocycles. The summed E-state index contributed by atoms with van der Waals surface area (Å²) in [4.78, 5) is 28.0. The lowest BCUT2D eigenvalue weighted by Gasteiger charge is -2.20. The topological polar surface area (TPSA) is 62.4 Å². The summed E-state index contributed by atoms with van der Waals surface area (Å²) in [6.45, 7) is 2.11. The average molecular weight is 272 g/mol. The molecule has 0 aliphatic rings. The van der Waals surface area contributed by atoms with Gasteiger partial charge in [0.05, 0.1) is 0 Å². The van der Waals surface area contributed by atoms with Crippen molar-refractivity contribution in [2.45, 2.75) is 6.92 Å². The van der Waals surface area contributed by atoms with E-state index in [4.69, 9.17) is 4.74 Å². The molecule has 0 atom stereocenters. The molecule has 1 aromatic carbocycles. The number of rotatable bonds is 5. The number of nitrogens with zero attached hydrogens (tertiary/aromatic N) is 1. The number of aromatic amines is 1. The Balaban J connectivity index is 1.95. The first-order chi connectivity index (χ1) is 9.72.